The molecule has 0 amide bonds. The van der Waals surface area contributed by atoms with Crippen LogP contribution >= 0.6 is 0 Å². The maximum Gasteiger partial charge on any atom is 0.378 e. The molecule has 0 aromatic heterocycles. The van der Waals surface area contributed by atoms with Gasteiger partial charge in [0, 0.05) is 22.3 Å². The van der Waals surface area contributed by atoms with Crippen LogP contribution in [0.3, 0.4) is 0 Å². The van der Waals surface area contributed by atoms with Crippen molar-refractivity contribution in [2.24, 2.45) is 0 Å². The lowest BCUT2D eigenvalue weighted by Gasteiger charge is -2.26. The molecule has 0 aliphatic carbocycles. The fraction of sp³-hybridized carbons (Fsp3) is 0.559. The van der Waals surface area contributed by atoms with E-state index in [2.05, 4.69) is 26.3 Å². The Labute approximate surface area is 300 Å². The van der Waals surface area contributed by atoms with E-state index in [1.165, 1.54) is 27.7 Å². The average molecular weight is 745 g/mol. The molecule has 4 N–H and O–H groups in total. The van der Waals surface area contributed by atoms with Gasteiger partial charge in [0.25, 0.3) is 0 Å². The standard InChI is InChI=1S/C34H48O18/c1-18(2)30(39)48-13-22(35)9-44-17-26(45-10-23(36)14-49-31(40)19(3)4)27-28(46-11-24(37)15-50-32(41)20(5)6)29(34(43)52-27)47-12-25(38)16-51-33(42)21(7)8/h22-27,35-38H,1,3,5,7,9-17H2,2,4,6,8H3/t22?,23?,24?,25?,26-,27+/m0/s1. The molecule has 0 aromatic carbocycles. The SMILES string of the molecule is C=C(C)C(=O)OCC(O)COC[C@H](OCC(O)COC(=O)C(=C)C)[C@H]1OC(=O)C(OCC(O)COC(=O)C(=C)C)=C1OCC(O)COC(=O)C(=C)C. The van der Waals surface area contributed by atoms with Crippen LogP contribution in [0, 0.1) is 0 Å². The number of aliphatic hydroxyl groups is 4. The molecular formula is C34H48O18. The first kappa shape index (κ1) is 45.4. The molecule has 4 unspecified atom stereocenters. The second-order valence-corrected chi connectivity index (χ2v) is 11.7. The third kappa shape index (κ3) is 17.1. The van der Waals surface area contributed by atoms with Gasteiger partial charge in [0.15, 0.2) is 11.9 Å². The fourth-order valence-corrected chi connectivity index (χ4v) is 3.49. The Balaban J connectivity index is 3.27. The summed E-state index contributed by atoms with van der Waals surface area (Å²) in [6, 6.07) is 0. The predicted molar refractivity (Wildman–Crippen MR) is 176 cm³/mol. The van der Waals surface area contributed by atoms with Gasteiger partial charge in [-0.25, -0.2) is 24.0 Å². The lowest BCUT2D eigenvalue weighted by molar-refractivity contribution is -0.160. The number of carbonyl (C=O) groups excluding carboxylic acids is 5. The molecule has 0 spiro atoms. The Morgan fingerprint density at radius 3 is 1.35 bits per heavy atom. The summed E-state index contributed by atoms with van der Waals surface area (Å²) in [5, 5.41) is 41.4. The molecule has 1 rings (SSSR count). The number of aliphatic hydroxyl groups excluding tert-OH is 4. The lowest BCUT2D eigenvalue weighted by atomic mass is 10.1. The van der Waals surface area contributed by atoms with Gasteiger partial charge >= 0.3 is 29.8 Å². The van der Waals surface area contributed by atoms with Gasteiger partial charge in [-0.2, -0.15) is 0 Å². The number of esters is 5. The summed E-state index contributed by atoms with van der Waals surface area (Å²) < 4.78 is 47.6. The highest BCUT2D eigenvalue weighted by Gasteiger charge is 2.44. The first-order chi connectivity index (χ1) is 24.3. The molecule has 1 aliphatic rings. The summed E-state index contributed by atoms with van der Waals surface area (Å²) in [6.45, 7) is 14.7. The Bertz CT molecular complexity index is 1350. The van der Waals surface area contributed by atoms with Crippen LogP contribution in [0.5, 0.6) is 0 Å². The van der Waals surface area contributed by atoms with Crippen LogP contribution in [0.2, 0.25) is 0 Å². The van der Waals surface area contributed by atoms with E-state index in [0.29, 0.717) is 0 Å². The summed E-state index contributed by atoms with van der Waals surface area (Å²) in [4.78, 5) is 59.9. The molecule has 1 aliphatic heterocycles. The van der Waals surface area contributed by atoms with Crippen LogP contribution in [0.1, 0.15) is 27.7 Å². The van der Waals surface area contributed by atoms with Gasteiger partial charge in [-0.3, -0.25) is 0 Å². The second kappa shape index (κ2) is 23.1. The van der Waals surface area contributed by atoms with E-state index in [1.54, 1.807) is 0 Å². The third-order valence-electron chi connectivity index (χ3n) is 6.21. The van der Waals surface area contributed by atoms with Gasteiger partial charge in [0.2, 0.25) is 5.76 Å². The van der Waals surface area contributed by atoms with Crippen LogP contribution in [0.4, 0.5) is 0 Å². The quantitative estimate of drug-likeness (QED) is 0.0494. The van der Waals surface area contributed by atoms with Crippen molar-refractivity contribution < 1.29 is 87.0 Å². The highest BCUT2D eigenvalue weighted by atomic mass is 16.6. The third-order valence-corrected chi connectivity index (χ3v) is 6.21. The highest BCUT2D eigenvalue weighted by molar-refractivity contribution is 5.90. The van der Waals surface area contributed by atoms with E-state index in [9.17, 15) is 44.4 Å². The molecule has 52 heavy (non-hydrogen) atoms. The van der Waals surface area contributed by atoms with E-state index >= 15 is 0 Å². The molecule has 0 fully saturated rings. The number of carbonyl (C=O) groups is 5. The largest absolute Gasteiger partial charge is 0.487 e. The number of rotatable bonds is 26. The molecule has 0 bridgehead atoms. The average Bonchev–Trinajstić information content (AvgIpc) is 3.40. The molecule has 1 heterocycles. The van der Waals surface area contributed by atoms with E-state index in [4.69, 9.17) is 42.6 Å². The lowest BCUT2D eigenvalue weighted by Crippen LogP contribution is -2.40. The summed E-state index contributed by atoms with van der Waals surface area (Å²) >= 11 is 0. The van der Waals surface area contributed by atoms with Crippen molar-refractivity contribution in [2.75, 3.05) is 59.5 Å². The molecule has 0 saturated carbocycles. The van der Waals surface area contributed by atoms with Crippen molar-refractivity contribution >= 4 is 29.8 Å². The van der Waals surface area contributed by atoms with Crippen LogP contribution in [0.25, 0.3) is 0 Å². The van der Waals surface area contributed by atoms with E-state index in [1.807, 2.05) is 0 Å². The van der Waals surface area contributed by atoms with Crippen molar-refractivity contribution in [2.45, 2.75) is 64.3 Å². The molecule has 292 valence electrons. The van der Waals surface area contributed by atoms with E-state index < -0.39 is 132 Å². The van der Waals surface area contributed by atoms with E-state index in [-0.39, 0.29) is 28.1 Å². The van der Waals surface area contributed by atoms with Gasteiger partial charge in [-0.05, 0) is 27.7 Å². The summed E-state index contributed by atoms with van der Waals surface area (Å²) in [7, 11) is 0. The Morgan fingerprint density at radius 2 is 0.942 bits per heavy atom. The number of hydrogen-bond donors (Lipinski definition) is 4. The maximum atomic E-state index is 13.1. The normalized spacial score (nSPS) is 16.7. The summed E-state index contributed by atoms with van der Waals surface area (Å²) in [5.41, 5.74) is 0.340. The molecule has 6 atom stereocenters. The van der Waals surface area contributed by atoms with Crippen LogP contribution in [-0.4, -0.2) is 146 Å². The van der Waals surface area contributed by atoms with Gasteiger partial charge < -0.3 is 63.1 Å². The number of hydrogen-bond acceptors (Lipinski definition) is 18. The topological polar surface area (TPSA) is 249 Å². The first-order valence-corrected chi connectivity index (χ1v) is 15.8. The monoisotopic (exact) mass is 744 g/mol. The molecule has 0 radical (unpaired) electrons. The molecule has 0 aromatic rings. The summed E-state index contributed by atoms with van der Waals surface area (Å²) in [5.74, 6) is -5.16. The summed E-state index contributed by atoms with van der Waals surface area (Å²) in [6.07, 6.45) is -8.47. The van der Waals surface area contributed by atoms with Crippen molar-refractivity contribution in [3.8, 4) is 0 Å². The van der Waals surface area contributed by atoms with Crippen LogP contribution in [0.15, 0.2) is 60.1 Å². The van der Waals surface area contributed by atoms with Gasteiger partial charge in [-0.15, -0.1) is 0 Å². The smallest absolute Gasteiger partial charge is 0.378 e. The first-order valence-electron chi connectivity index (χ1n) is 15.8. The van der Waals surface area contributed by atoms with Crippen molar-refractivity contribution in [1.82, 2.24) is 0 Å². The Hall–Kier alpha value is -4.59. The fourth-order valence-electron chi connectivity index (χ4n) is 3.49. The molecule has 18 heteroatoms. The minimum atomic E-state index is -1.52. The zero-order chi connectivity index (χ0) is 39.5. The number of cyclic esters (lactones) is 1. The van der Waals surface area contributed by atoms with Crippen molar-refractivity contribution in [3.63, 3.8) is 0 Å². The van der Waals surface area contributed by atoms with Crippen molar-refractivity contribution in [1.29, 1.82) is 0 Å². The second-order valence-electron chi connectivity index (χ2n) is 11.7. The van der Waals surface area contributed by atoms with Crippen LogP contribution in [-0.2, 0) is 66.6 Å². The highest BCUT2D eigenvalue weighted by Crippen LogP contribution is 2.29. The molecule has 0 saturated heterocycles. The van der Waals surface area contributed by atoms with Gasteiger partial charge in [0.1, 0.15) is 70.2 Å². The zero-order valence-corrected chi connectivity index (χ0v) is 29.7. The van der Waals surface area contributed by atoms with Crippen LogP contribution < -0.4 is 0 Å². The van der Waals surface area contributed by atoms with E-state index in [0.717, 1.165) is 0 Å². The minimum Gasteiger partial charge on any atom is -0.487 e. The Kier molecular flexibility index (Phi) is 20.2. The van der Waals surface area contributed by atoms with Gasteiger partial charge in [0.05, 0.1) is 19.8 Å². The maximum absolute atomic E-state index is 13.1. The predicted octanol–water partition coefficient (Wildman–Crippen LogP) is -0.521. The van der Waals surface area contributed by atoms with Gasteiger partial charge in [-0.1, -0.05) is 26.3 Å². The minimum absolute atomic E-state index is 0.0736. The Morgan fingerprint density at radius 1 is 0.577 bits per heavy atom. The number of ether oxygens (including phenoxy) is 9. The molecular weight excluding hydrogens is 696 g/mol. The zero-order valence-electron chi connectivity index (χ0n) is 29.7. The van der Waals surface area contributed by atoms with Crippen molar-refractivity contribution in [3.05, 3.63) is 60.1 Å². The molecule has 18 nitrogen and oxygen atoms in total.